The summed E-state index contributed by atoms with van der Waals surface area (Å²) in [5.74, 6) is 1.13. The summed E-state index contributed by atoms with van der Waals surface area (Å²) in [5.41, 5.74) is 1.21. The van der Waals surface area contributed by atoms with Crippen LogP contribution in [-0.2, 0) is 21.2 Å². The smallest absolute Gasteiger partial charge is 0.243 e. The van der Waals surface area contributed by atoms with Gasteiger partial charge in [-0.15, -0.1) is 11.8 Å². The highest BCUT2D eigenvalue weighted by atomic mass is 32.2. The van der Waals surface area contributed by atoms with Crippen molar-refractivity contribution in [3.05, 3.63) is 48.0 Å². The standard InChI is InChI=1S/C22H24N2O5S2/c25-22(21-14-16-4-1-2-5-20(16)30-21)23-8-10-24(11-9-23)31(26,27)17-6-7-18-19(15-17)29-13-3-12-28-18/h1-2,4-7,15,21H,3,8-14H2/t21-/m0/s1. The van der Waals surface area contributed by atoms with Crippen molar-refractivity contribution in [3.63, 3.8) is 0 Å². The van der Waals surface area contributed by atoms with E-state index in [1.54, 1.807) is 34.9 Å². The molecule has 0 aliphatic carbocycles. The molecule has 7 nitrogen and oxygen atoms in total. The SMILES string of the molecule is O=C([C@@H]1Cc2ccccc2S1)N1CCN(S(=O)(=O)c2ccc3c(c2)OCCCO3)CC1. The molecule has 1 saturated heterocycles. The maximum Gasteiger partial charge on any atom is 0.243 e. The molecule has 1 fully saturated rings. The van der Waals surface area contributed by atoms with Crippen molar-refractivity contribution in [3.8, 4) is 11.5 Å². The number of rotatable bonds is 3. The number of piperazine rings is 1. The second-order valence-corrected chi connectivity index (χ2v) is 11.0. The lowest BCUT2D eigenvalue weighted by molar-refractivity contribution is -0.131. The average molecular weight is 461 g/mol. The Bertz CT molecular complexity index is 1070. The summed E-state index contributed by atoms with van der Waals surface area (Å²) in [6.07, 6.45) is 1.49. The summed E-state index contributed by atoms with van der Waals surface area (Å²) in [7, 11) is -3.66. The lowest BCUT2D eigenvalue weighted by atomic mass is 10.1. The summed E-state index contributed by atoms with van der Waals surface area (Å²) in [6, 6.07) is 12.9. The van der Waals surface area contributed by atoms with Gasteiger partial charge >= 0.3 is 0 Å². The minimum Gasteiger partial charge on any atom is -0.490 e. The first-order valence-electron chi connectivity index (χ1n) is 10.5. The Hall–Kier alpha value is -2.23. The van der Waals surface area contributed by atoms with Crippen LogP contribution in [-0.4, -0.2) is 68.2 Å². The van der Waals surface area contributed by atoms with E-state index >= 15 is 0 Å². The second kappa shape index (κ2) is 8.37. The maximum absolute atomic E-state index is 13.2. The monoisotopic (exact) mass is 460 g/mol. The Morgan fingerprint density at radius 1 is 0.968 bits per heavy atom. The van der Waals surface area contributed by atoms with E-state index < -0.39 is 10.0 Å². The number of ether oxygens (including phenoxy) is 2. The molecule has 3 aliphatic heterocycles. The van der Waals surface area contributed by atoms with Gasteiger partial charge in [-0.2, -0.15) is 4.31 Å². The molecule has 31 heavy (non-hydrogen) atoms. The number of benzene rings is 2. The van der Waals surface area contributed by atoms with Gasteiger partial charge in [0.25, 0.3) is 0 Å². The third kappa shape index (κ3) is 4.02. The predicted molar refractivity (Wildman–Crippen MR) is 117 cm³/mol. The fourth-order valence-electron chi connectivity index (χ4n) is 4.13. The molecule has 3 aliphatic rings. The van der Waals surface area contributed by atoms with E-state index in [0.29, 0.717) is 37.8 Å². The number of carbonyl (C=O) groups is 1. The number of thioether (sulfide) groups is 1. The Morgan fingerprint density at radius 3 is 2.48 bits per heavy atom. The summed E-state index contributed by atoms with van der Waals surface area (Å²) < 4.78 is 39.0. The van der Waals surface area contributed by atoms with Gasteiger partial charge in [-0.05, 0) is 30.2 Å². The maximum atomic E-state index is 13.2. The average Bonchev–Trinajstić information content (AvgIpc) is 3.09. The molecule has 1 atom stereocenters. The molecule has 2 aromatic carbocycles. The number of carbonyl (C=O) groups excluding carboxylic acids is 1. The second-order valence-electron chi connectivity index (χ2n) is 7.81. The Kier molecular flexibility index (Phi) is 5.58. The molecule has 0 N–H and O–H groups in total. The number of nitrogens with zero attached hydrogens (tertiary/aromatic N) is 2. The topological polar surface area (TPSA) is 76.2 Å². The van der Waals surface area contributed by atoms with Crippen LogP contribution in [0.4, 0.5) is 0 Å². The van der Waals surface area contributed by atoms with Gasteiger partial charge in [0.1, 0.15) is 0 Å². The van der Waals surface area contributed by atoms with Gasteiger partial charge in [-0.3, -0.25) is 4.79 Å². The summed E-state index contributed by atoms with van der Waals surface area (Å²) >= 11 is 1.61. The molecule has 0 spiro atoms. The fraction of sp³-hybridized carbons (Fsp3) is 0.409. The van der Waals surface area contributed by atoms with E-state index in [4.69, 9.17) is 9.47 Å². The van der Waals surface area contributed by atoms with Crippen LogP contribution in [0.1, 0.15) is 12.0 Å². The zero-order valence-corrected chi connectivity index (χ0v) is 18.7. The molecule has 0 radical (unpaired) electrons. The molecule has 0 saturated carbocycles. The van der Waals surface area contributed by atoms with Crippen molar-refractivity contribution in [1.82, 2.24) is 9.21 Å². The minimum absolute atomic E-state index is 0.0915. The van der Waals surface area contributed by atoms with E-state index in [2.05, 4.69) is 6.07 Å². The number of amides is 1. The van der Waals surface area contributed by atoms with Gasteiger partial charge in [0.05, 0.1) is 23.4 Å². The third-order valence-corrected chi connectivity index (χ3v) is 9.03. The van der Waals surface area contributed by atoms with E-state index in [9.17, 15) is 13.2 Å². The Labute approximate surface area is 186 Å². The van der Waals surface area contributed by atoms with Crippen molar-refractivity contribution in [2.24, 2.45) is 0 Å². The van der Waals surface area contributed by atoms with Gasteiger partial charge in [0.15, 0.2) is 11.5 Å². The molecular weight excluding hydrogens is 436 g/mol. The van der Waals surface area contributed by atoms with Crippen LogP contribution in [0.25, 0.3) is 0 Å². The summed E-state index contributed by atoms with van der Waals surface area (Å²) in [5, 5.41) is -0.123. The van der Waals surface area contributed by atoms with Crippen LogP contribution in [0.15, 0.2) is 52.3 Å². The largest absolute Gasteiger partial charge is 0.490 e. The van der Waals surface area contributed by atoms with E-state index in [-0.39, 0.29) is 29.1 Å². The fourth-order valence-corrected chi connectivity index (χ4v) is 6.84. The summed E-state index contributed by atoms with van der Waals surface area (Å²) in [4.78, 5) is 16.1. The van der Waals surface area contributed by atoms with E-state index in [1.165, 1.54) is 9.87 Å². The quantitative estimate of drug-likeness (QED) is 0.700. The molecule has 0 bridgehead atoms. The zero-order valence-electron chi connectivity index (χ0n) is 17.0. The van der Waals surface area contributed by atoms with Crippen LogP contribution >= 0.6 is 11.8 Å². The van der Waals surface area contributed by atoms with Gasteiger partial charge in [0.2, 0.25) is 15.9 Å². The van der Waals surface area contributed by atoms with Gasteiger partial charge in [0, 0.05) is 43.6 Å². The van der Waals surface area contributed by atoms with Crippen molar-refractivity contribution in [1.29, 1.82) is 0 Å². The van der Waals surface area contributed by atoms with Crippen LogP contribution in [0.2, 0.25) is 0 Å². The normalized spacial score (nSPS) is 21.4. The Balaban J connectivity index is 1.24. The lowest BCUT2D eigenvalue weighted by Gasteiger charge is -2.35. The third-order valence-electron chi connectivity index (χ3n) is 5.83. The molecule has 5 rings (SSSR count). The van der Waals surface area contributed by atoms with E-state index in [0.717, 1.165) is 17.7 Å². The highest BCUT2D eigenvalue weighted by molar-refractivity contribution is 8.01. The molecule has 3 heterocycles. The molecular formula is C22H24N2O5S2. The van der Waals surface area contributed by atoms with Crippen LogP contribution < -0.4 is 9.47 Å². The van der Waals surface area contributed by atoms with Crippen molar-refractivity contribution < 1.29 is 22.7 Å². The van der Waals surface area contributed by atoms with Crippen molar-refractivity contribution in [2.75, 3.05) is 39.4 Å². The van der Waals surface area contributed by atoms with Crippen molar-refractivity contribution in [2.45, 2.75) is 27.9 Å². The number of hydrogen-bond donors (Lipinski definition) is 0. The first-order valence-corrected chi connectivity index (χ1v) is 12.8. The van der Waals surface area contributed by atoms with Gasteiger partial charge in [-0.1, -0.05) is 18.2 Å². The van der Waals surface area contributed by atoms with Crippen LogP contribution in [0.3, 0.4) is 0 Å². The minimum atomic E-state index is -3.66. The Morgan fingerprint density at radius 2 is 1.71 bits per heavy atom. The highest BCUT2D eigenvalue weighted by Gasteiger charge is 2.35. The van der Waals surface area contributed by atoms with Crippen LogP contribution in [0.5, 0.6) is 11.5 Å². The zero-order chi connectivity index (χ0) is 21.4. The molecule has 1 amide bonds. The predicted octanol–water partition coefficient (Wildman–Crippen LogP) is 2.40. The lowest BCUT2D eigenvalue weighted by Crippen LogP contribution is -2.52. The first kappa shape index (κ1) is 20.7. The number of fused-ring (bicyclic) bond motifs is 2. The highest BCUT2D eigenvalue weighted by Crippen LogP contribution is 2.38. The van der Waals surface area contributed by atoms with Crippen LogP contribution in [0, 0.1) is 0 Å². The molecule has 9 heteroatoms. The molecule has 0 unspecified atom stereocenters. The molecule has 0 aromatic heterocycles. The van der Waals surface area contributed by atoms with E-state index in [1.807, 2.05) is 18.2 Å². The summed E-state index contributed by atoms with van der Waals surface area (Å²) in [6.45, 7) is 2.42. The van der Waals surface area contributed by atoms with Gasteiger partial charge in [-0.25, -0.2) is 8.42 Å². The molecule has 164 valence electrons. The first-order chi connectivity index (χ1) is 15.0. The number of hydrogen-bond acceptors (Lipinski definition) is 6. The van der Waals surface area contributed by atoms with Crippen molar-refractivity contribution >= 4 is 27.7 Å². The van der Waals surface area contributed by atoms with Gasteiger partial charge < -0.3 is 14.4 Å². The number of sulfonamides is 1. The molecule has 2 aromatic rings.